The number of aliphatic carboxylic acids is 1. The van der Waals surface area contributed by atoms with Crippen molar-refractivity contribution in [3.63, 3.8) is 0 Å². The van der Waals surface area contributed by atoms with E-state index in [2.05, 4.69) is 9.97 Å². The SMILES string of the molecule is O=C(O)Cc1nccc(C(F)(F)F)n1. The number of rotatable bonds is 2. The van der Waals surface area contributed by atoms with E-state index < -0.39 is 24.3 Å². The number of alkyl halides is 3. The molecule has 0 unspecified atom stereocenters. The van der Waals surface area contributed by atoms with E-state index in [0.717, 1.165) is 6.20 Å². The Bertz CT molecular complexity index is 351. The second kappa shape index (κ2) is 3.60. The van der Waals surface area contributed by atoms with Crippen LogP contribution in [0, 0.1) is 0 Å². The molecule has 4 nitrogen and oxygen atoms in total. The fraction of sp³-hybridized carbons (Fsp3) is 0.286. The van der Waals surface area contributed by atoms with E-state index in [0.29, 0.717) is 6.07 Å². The zero-order chi connectivity index (χ0) is 10.8. The van der Waals surface area contributed by atoms with Gasteiger partial charge in [-0.1, -0.05) is 0 Å². The maximum absolute atomic E-state index is 12.1. The largest absolute Gasteiger partial charge is 0.481 e. The van der Waals surface area contributed by atoms with Crippen LogP contribution in [-0.4, -0.2) is 21.0 Å². The number of hydrogen-bond donors (Lipinski definition) is 1. The van der Waals surface area contributed by atoms with Crippen molar-refractivity contribution in [3.05, 3.63) is 23.8 Å². The van der Waals surface area contributed by atoms with E-state index in [1.165, 1.54) is 0 Å². The highest BCUT2D eigenvalue weighted by Crippen LogP contribution is 2.26. The molecule has 0 radical (unpaired) electrons. The summed E-state index contributed by atoms with van der Waals surface area (Å²) in [5, 5.41) is 8.30. The molecule has 1 N–H and O–H groups in total. The lowest BCUT2D eigenvalue weighted by Gasteiger charge is -2.05. The van der Waals surface area contributed by atoms with E-state index >= 15 is 0 Å². The predicted molar refractivity (Wildman–Crippen MR) is 38.4 cm³/mol. The van der Waals surface area contributed by atoms with E-state index in [1.807, 2.05) is 0 Å². The van der Waals surface area contributed by atoms with Gasteiger partial charge < -0.3 is 5.11 Å². The monoisotopic (exact) mass is 206 g/mol. The lowest BCUT2D eigenvalue weighted by atomic mass is 10.3. The maximum atomic E-state index is 12.1. The summed E-state index contributed by atoms with van der Waals surface area (Å²) in [6.07, 6.45) is -4.31. The van der Waals surface area contributed by atoms with Gasteiger partial charge in [-0.25, -0.2) is 9.97 Å². The van der Waals surface area contributed by atoms with Crippen molar-refractivity contribution in [3.8, 4) is 0 Å². The molecule has 0 aliphatic carbocycles. The first kappa shape index (κ1) is 10.4. The van der Waals surface area contributed by atoms with Crippen molar-refractivity contribution < 1.29 is 23.1 Å². The van der Waals surface area contributed by atoms with Crippen LogP contribution >= 0.6 is 0 Å². The summed E-state index contributed by atoms with van der Waals surface area (Å²) in [4.78, 5) is 16.6. The highest BCUT2D eigenvalue weighted by molar-refractivity contribution is 5.68. The minimum Gasteiger partial charge on any atom is -0.481 e. The highest BCUT2D eigenvalue weighted by Gasteiger charge is 2.32. The Balaban J connectivity index is 2.95. The Kier molecular flexibility index (Phi) is 2.68. The fourth-order valence-corrected chi connectivity index (χ4v) is 0.777. The third-order valence-electron chi connectivity index (χ3n) is 1.31. The van der Waals surface area contributed by atoms with Crippen LogP contribution < -0.4 is 0 Å². The van der Waals surface area contributed by atoms with Crippen molar-refractivity contribution in [2.75, 3.05) is 0 Å². The molecule has 1 heterocycles. The number of carbonyl (C=O) groups is 1. The minimum absolute atomic E-state index is 0.354. The molecule has 76 valence electrons. The Morgan fingerprint density at radius 1 is 1.50 bits per heavy atom. The van der Waals surface area contributed by atoms with E-state index in [-0.39, 0.29) is 5.82 Å². The van der Waals surface area contributed by atoms with Gasteiger partial charge in [-0.05, 0) is 6.07 Å². The first-order chi connectivity index (χ1) is 6.39. The molecule has 0 aromatic carbocycles. The molecule has 14 heavy (non-hydrogen) atoms. The van der Waals surface area contributed by atoms with Crippen LogP contribution in [0.5, 0.6) is 0 Å². The smallest absolute Gasteiger partial charge is 0.433 e. The van der Waals surface area contributed by atoms with Gasteiger partial charge in [-0.2, -0.15) is 13.2 Å². The van der Waals surface area contributed by atoms with Crippen LogP contribution in [0.25, 0.3) is 0 Å². The topological polar surface area (TPSA) is 63.1 Å². The van der Waals surface area contributed by atoms with Gasteiger partial charge in [0.25, 0.3) is 0 Å². The van der Waals surface area contributed by atoms with Gasteiger partial charge in [0.1, 0.15) is 17.9 Å². The highest BCUT2D eigenvalue weighted by atomic mass is 19.4. The summed E-state index contributed by atoms with van der Waals surface area (Å²) in [6, 6.07) is 0.686. The summed E-state index contributed by atoms with van der Waals surface area (Å²) in [5.74, 6) is -1.63. The van der Waals surface area contributed by atoms with Gasteiger partial charge in [-0.3, -0.25) is 4.79 Å². The van der Waals surface area contributed by atoms with Crippen LogP contribution in [0.2, 0.25) is 0 Å². The molecule has 0 amide bonds. The number of carboxylic acids is 1. The van der Waals surface area contributed by atoms with Crippen LogP contribution in [0.15, 0.2) is 12.3 Å². The van der Waals surface area contributed by atoms with E-state index in [1.54, 1.807) is 0 Å². The summed E-state index contributed by atoms with van der Waals surface area (Å²) in [5.41, 5.74) is -1.14. The van der Waals surface area contributed by atoms with Gasteiger partial charge in [0.05, 0.1) is 0 Å². The molecule has 7 heteroatoms. The fourth-order valence-electron chi connectivity index (χ4n) is 0.777. The third-order valence-corrected chi connectivity index (χ3v) is 1.31. The molecule has 0 saturated heterocycles. The Morgan fingerprint density at radius 2 is 2.14 bits per heavy atom. The van der Waals surface area contributed by atoms with Gasteiger partial charge in [0.2, 0.25) is 0 Å². The van der Waals surface area contributed by atoms with Crippen LogP contribution in [0.4, 0.5) is 13.2 Å². The Labute approximate surface area is 76.4 Å². The lowest BCUT2D eigenvalue weighted by molar-refractivity contribution is -0.142. The molecule has 1 aromatic rings. The zero-order valence-electron chi connectivity index (χ0n) is 6.75. The van der Waals surface area contributed by atoms with E-state index in [9.17, 15) is 18.0 Å². The van der Waals surface area contributed by atoms with E-state index in [4.69, 9.17) is 5.11 Å². The van der Waals surface area contributed by atoms with Crippen LogP contribution in [0.1, 0.15) is 11.5 Å². The number of hydrogen-bond acceptors (Lipinski definition) is 3. The van der Waals surface area contributed by atoms with Gasteiger partial charge in [0, 0.05) is 6.20 Å². The van der Waals surface area contributed by atoms with Gasteiger partial charge in [0.15, 0.2) is 0 Å². The molecule has 0 spiro atoms. The average molecular weight is 206 g/mol. The maximum Gasteiger partial charge on any atom is 0.433 e. The summed E-state index contributed by atoms with van der Waals surface area (Å²) < 4.78 is 36.2. The third kappa shape index (κ3) is 2.68. The first-order valence-corrected chi connectivity index (χ1v) is 3.50. The Morgan fingerprint density at radius 3 is 2.64 bits per heavy atom. The summed E-state index contributed by atoms with van der Waals surface area (Å²) >= 11 is 0. The molecular weight excluding hydrogens is 201 g/mol. The van der Waals surface area contributed by atoms with Crippen LogP contribution in [-0.2, 0) is 17.4 Å². The number of halogens is 3. The van der Waals surface area contributed by atoms with Crippen molar-refractivity contribution in [1.82, 2.24) is 9.97 Å². The average Bonchev–Trinajstić information content (AvgIpc) is 2.01. The quantitative estimate of drug-likeness (QED) is 0.787. The lowest BCUT2D eigenvalue weighted by Crippen LogP contribution is -2.12. The summed E-state index contributed by atoms with van der Waals surface area (Å²) in [7, 11) is 0. The van der Waals surface area contributed by atoms with Crippen molar-refractivity contribution in [2.45, 2.75) is 12.6 Å². The second-order valence-electron chi connectivity index (χ2n) is 2.43. The van der Waals surface area contributed by atoms with Crippen molar-refractivity contribution in [1.29, 1.82) is 0 Å². The van der Waals surface area contributed by atoms with Crippen LogP contribution in [0.3, 0.4) is 0 Å². The van der Waals surface area contributed by atoms with Crippen molar-refractivity contribution in [2.24, 2.45) is 0 Å². The van der Waals surface area contributed by atoms with Gasteiger partial charge >= 0.3 is 12.1 Å². The molecule has 1 aromatic heterocycles. The molecule has 1 rings (SSSR count). The number of carboxylic acid groups (broad SMARTS) is 1. The first-order valence-electron chi connectivity index (χ1n) is 3.50. The van der Waals surface area contributed by atoms with Gasteiger partial charge in [-0.15, -0.1) is 0 Å². The molecule has 0 fully saturated rings. The molecule has 0 atom stereocenters. The standard InChI is InChI=1S/C7H5F3N2O2/c8-7(9,10)4-1-2-11-5(12-4)3-6(13)14/h1-2H,3H2,(H,13,14). The minimum atomic E-state index is -4.57. The molecule has 0 saturated carbocycles. The molecular formula is C7H5F3N2O2. The molecule has 0 aliphatic rings. The molecule has 0 bridgehead atoms. The number of aromatic nitrogens is 2. The number of nitrogens with zero attached hydrogens (tertiary/aromatic N) is 2. The van der Waals surface area contributed by atoms with Crippen molar-refractivity contribution >= 4 is 5.97 Å². The normalized spacial score (nSPS) is 11.4. The molecule has 0 aliphatic heterocycles. The predicted octanol–water partition coefficient (Wildman–Crippen LogP) is 1.12. The Hall–Kier alpha value is -1.66. The second-order valence-corrected chi connectivity index (χ2v) is 2.43. The zero-order valence-corrected chi connectivity index (χ0v) is 6.75. The summed E-state index contributed by atoms with van der Waals surface area (Å²) in [6.45, 7) is 0.